The molecule has 0 heterocycles. The summed E-state index contributed by atoms with van der Waals surface area (Å²) in [5.41, 5.74) is 3.25. The molecule has 2 amide bonds. The first-order chi connectivity index (χ1) is 13.0. The van der Waals surface area contributed by atoms with E-state index in [-0.39, 0.29) is 16.9 Å². The molecule has 2 aromatic carbocycles. The largest absolute Gasteiger partial charge is 0.352 e. The molecule has 0 saturated heterocycles. The Morgan fingerprint density at radius 2 is 1.85 bits per heavy atom. The van der Waals surface area contributed by atoms with Gasteiger partial charge in [-0.25, -0.2) is 0 Å². The minimum Gasteiger partial charge on any atom is -0.352 e. The minimum atomic E-state index is -0.329. The van der Waals surface area contributed by atoms with Crippen LogP contribution in [-0.4, -0.2) is 23.5 Å². The normalized spacial score (nSPS) is 10.4. The SMILES string of the molecule is CCCNC(=O)c1cccc(NC(=S)NC(=O)/C=C/c2ccc(C)cc2)c1. The summed E-state index contributed by atoms with van der Waals surface area (Å²) in [7, 11) is 0. The Hall–Kier alpha value is -2.99. The number of hydrogen-bond acceptors (Lipinski definition) is 3. The third-order valence-electron chi connectivity index (χ3n) is 3.66. The van der Waals surface area contributed by atoms with E-state index in [0.29, 0.717) is 17.8 Å². The van der Waals surface area contributed by atoms with Crippen molar-refractivity contribution in [1.29, 1.82) is 0 Å². The van der Waals surface area contributed by atoms with Gasteiger partial charge in [-0.05, 0) is 55.4 Å². The molecule has 6 heteroatoms. The van der Waals surface area contributed by atoms with Crippen molar-refractivity contribution >= 4 is 40.9 Å². The summed E-state index contributed by atoms with van der Waals surface area (Å²) in [6, 6.07) is 14.8. The fourth-order valence-corrected chi connectivity index (χ4v) is 2.46. The van der Waals surface area contributed by atoms with Crippen LogP contribution in [0.5, 0.6) is 0 Å². The highest BCUT2D eigenvalue weighted by Gasteiger charge is 2.07. The first kappa shape index (κ1) is 20.3. The zero-order valence-electron chi connectivity index (χ0n) is 15.4. The average Bonchev–Trinajstić information content (AvgIpc) is 2.65. The van der Waals surface area contributed by atoms with Gasteiger partial charge in [0.2, 0.25) is 5.91 Å². The Morgan fingerprint density at radius 1 is 1.11 bits per heavy atom. The zero-order chi connectivity index (χ0) is 19.6. The molecule has 0 unspecified atom stereocenters. The van der Waals surface area contributed by atoms with Gasteiger partial charge in [0, 0.05) is 23.9 Å². The fraction of sp³-hybridized carbons (Fsp3) is 0.190. The Morgan fingerprint density at radius 3 is 2.56 bits per heavy atom. The number of aryl methyl sites for hydroxylation is 1. The van der Waals surface area contributed by atoms with Crippen LogP contribution in [-0.2, 0) is 4.79 Å². The molecule has 0 atom stereocenters. The van der Waals surface area contributed by atoms with Gasteiger partial charge in [0.05, 0.1) is 0 Å². The number of carbonyl (C=O) groups is 2. The quantitative estimate of drug-likeness (QED) is 0.528. The van der Waals surface area contributed by atoms with Gasteiger partial charge in [0.1, 0.15) is 0 Å². The van der Waals surface area contributed by atoms with Gasteiger partial charge >= 0.3 is 0 Å². The van der Waals surface area contributed by atoms with E-state index in [9.17, 15) is 9.59 Å². The van der Waals surface area contributed by atoms with Gasteiger partial charge in [0.25, 0.3) is 5.91 Å². The van der Waals surface area contributed by atoms with Gasteiger partial charge in [-0.15, -0.1) is 0 Å². The molecule has 3 N–H and O–H groups in total. The van der Waals surface area contributed by atoms with E-state index in [4.69, 9.17) is 12.2 Å². The van der Waals surface area contributed by atoms with Crippen LogP contribution < -0.4 is 16.0 Å². The van der Waals surface area contributed by atoms with E-state index in [1.165, 1.54) is 6.08 Å². The molecule has 140 valence electrons. The molecule has 0 saturated carbocycles. The predicted molar refractivity (Wildman–Crippen MR) is 114 cm³/mol. The monoisotopic (exact) mass is 381 g/mol. The maximum absolute atomic E-state index is 12.0. The van der Waals surface area contributed by atoms with E-state index in [1.54, 1.807) is 30.3 Å². The zero-order valence-corrected chi connectivity index (χ0v) is 16.2. The van der Waals surface area contributed by atoms with E-state index in [0.717, 1.165) is 17.5 Å². The van der Waals surface area contributed by atoms with Gasteiger partial charge in [-0.1, -0.05) is 42.8 Å². The van der Waals surface area contributed by atoms with E-state index >= 15 is 0 Å². The topological polar surface area (TPSA) is 70.2 Å². The van der Waals surface area contributed by atoms with Crippen LogP contribution in [0, 0.1) is 6.92 Å². The lowest BCUT2D eigenvalue weighted by atomic mass is 10.1. The van der Waals surface area contributed by atoms with Crippen molar-refractivity contribution in [2.45, 2.75) is 20.3 Å². The lowest BCUT2D eigenvalue weighted by Crippen LogP contribution is -2.33. The minimum absolute atomic E-state index is 0.142. The Bertz CT molecular complexity index is 845. The molecule has 5 nitrogen and oxygen atoms in total. The molecule has 0 aliphatic carbocycles. The third kappa shape index (κ3) is 7.03. The van der Waals surface area contributed by atoms with Crippen LogP contribution in [0.2, 0.25) is 0 Å². The molecular formula is C21H23N3O2S. The Kier molecular flexibility index (Phi) is 7.70. The highest BCUT2D eigenvalue weighted by atomic mass is 32.1. The number of rotatable bonds is 6. The number of benzene rings is 2. The maximum Gasteiger partial charge on any atom is 0.251 e. The van der Waals surface area contributed by atoms with Gasteiger partial charge in [0.15, 0.2) is 5.11 Å². The first-order valence-corrected chi connectivity index (χ1v) is 9.13. The van der Waals surface area contributed by atoms with Gasteiger partial charge < -0.3 is 10.6 Å². The summed E-state index contributed by atoms with van der Waals surface area (Å²) in [6.07, 6.45) is 4.01. The molecule has 27 heavy (non-hydrogen) atoms. The second-order valence-corrected chi connectivity index (χ2v) is 6.43. The second kappa shape index (κ2) is 10.2. The molecule has 0 radical (unpaired) electrons. The summed E-state index contributed by atoms with van der Waals surface area (Å²) in [5.74, 6) is -0.471. The van der Waals surface area contributed by atoms with Crippen LogP contribution in [0.3, 0.4) is 0 Å². The Labute approximate surface area is 164 Å². The molecule has 0 fully saturated rings. The predicted octanol–water partition coefficient (Wildman–Crippen LogP) is 3.66. The van der Waals surface area contributed by atoms with Crippen LogP contribution in [0.15, 0.2) is 54.6 Å². The van der Waals surface area contributed by atoms with E-state index < -0.39 is 0 Å². The highest BCUT2D eigenvalue weighted by Crippen LogP contribution is 2.11. The number of carbonyl (C=O) groups excluding carboxylic acids is 2. The third-order valence-corrected chi connectivity index (χ3v) is 3.86. The number of thiocarbonyl (C=S) groups is 1. The summed E-state index contributed by atoms with van der Waals surface area (Å²) in [5, 5.41) is 8.49. The average molecular weight is 382 g/mol. The maximum atomic E-state index is 12.0. The van der Waals surface area contributed by atoms with E-state index in [2.05, 4.69) is 16.0 Å². The van der Waals surface area contributed by atoms with Crippen LogP contribution >= 0.6 is 12.2 Å². The molecular weight excluding hydrogens is 358 g/mol. The molecule has 0 spiro atoms. The van der Waals surface area contributed by atoms with Gasteiger partial charge in [-0.2, -0.15) is 0 Å². The molecule has 0 aliphatic heterocycles. The standard InChI is InChI=1S/C21H23N3O2S/c1-3-13-22-20(26)17-5-4-6-18(14-17)23-21(27)24-19(25)12-11-16-9-7-15(2)8-10-16/h4-12,14H,3,13H2,1-2H3,(H,22,26)(H2,23,24,25,27)/b12-11+. The molecule has 2 rings (SSSR count). The number of anilines is 1. The van der Waals surface area contributed by atoms with Crippen molar-refractivity contribution in [2.24, 2.45) is 0 Å². The number of hydrogen-bond donors (Lipinski definition) is 3. The Balaban J connectivity index is 1.90. The van der Waals surface area contributed by atoms with Crippen molar-refractivity contribution in [2.75, 3.05) is 11.9 Å². The summed E-state index contributed by atoms with van der Waals surface area (Å²) in [4.78, 5) is 24.0. The smallest absolute Gasteiger partial charge is 0.251 e. The lowest BCUT2D eigenvalue weighted by Gasteiger charge is -2.10. The van der Waals surface area contributed by atoms with Gasteiger partial charge in [-0.3, -0.25) is 14.9 Å². The molecule has 0 aromatic heterocycles. The first-order valence-electron chi connectivity index (χ1n) is 8.73. The van der Waals surface area contributed by atoms with Crippen molar-refractivity contribution in [3.63, 3.8) is 0 Å². The van der Waals surface area contributed by atoms with E-state index in [1.807, 2.05) is 38.1 Å². The van der Waals surface area contributed by atoms with Crippen molar-refractivity contribution in [1.82, 2.24) is 10.6 Å². The molecule has 0 aliphatic rings. The fourth-order valence-electron chi connectivity index (χ4n) is 2.24. The number of nitrogens with one attached hydrogen (secondary N) is 3. The number of amides is 2. The van der Waals surface area contributed by atoms with Crippen LogP contribution in [0.25, 0.3) is 6.08 Å². The van der Waals surface area contributed by atoms with Crippen LogP contribution in [0.1, 0.15) is 34.8 Å². The van der Waals surface area contributed by atoms with Crippen LogP contribution in [0.4, 0.5) is 5.69 Å². The second-order valence-electron chi connectivity index (χ2n) is 6.02. The summed E-state index contributed by atoms with van der Waals surface area (Å²) in [6.45, 7) is 4.62. The summed E-state index contributed by atoms with van der Waals surface area (Å²) >= 11 is 5.16. The lowest BCUT2D eigenvalue weighted by molar-refractivity contribution is -0.115. The highest BCUT2D eigenvalue weighted by molar-refractivity contribution is 7.80. The van der Waals surface area contributed by atoms with Crippen molar-refractivity contribution in [3.05, 3.63) is 71.3 Å². The molecule has 0 bridgehead atoms. The van der Waals surface area contributed by atoms with Crippen molar-refractivity contribution < 1.29 is 9.59 Å². The molecule has 2 aromatic rings. The van der Waals surface area contributed by atoms with Crippen molar-refractivity contribution in [3.8, 4) is 0 Å². The summed E-state index contributed by atoms with van der Waals surface area (Å²) < 4.78 is 0.